The molecule has 0 fully saturated rings. The molecule has 1 aromatic carbocycles. The average molecular weight is 308 g/mol. The zero-order chi connectivity index (χ0) is 15.6. The van der Waals surface area contributed by atoms with Crippen LogP contribution in [0.5, 0.6) is 0 Å². The van der Waals surface area contributed by atoms with Crippen LogP contribution in [0, 0.1) is 17.0 Å². The second-order valence-electron chi connectivity index (χ2n) is 4.52. The van der Waals surface area contributed by atoms with Gasteiger partial charge in [-0.2, -0.15) is 4.57 Å². The predicted octanol–water partition coefficient (Wildman–Crippen LogP) is 3.13. The topological polar surface area (TPSA) is 81.2 Å². The van der Waals surface area contributed by atoms with Crippen LogP contribution in [0.2, 0.25) is 5.02 Å². The van der Waals surface area contributed by atoms with E-state index in [-0.39, 0.29) is 5.82 Å². The van der Waals surface area contributed by atoms with Crippen LogP contribution < -0.4 is 0 Å². The molecule has 1 N–H and O–H groups in total. The van der Waals surface area contributed by atoms with Crippen LogP contribution in [0.4, 0.5) is 5.82 Å². The molecule has 0 radical (unpaired) electrons. The van der Waals surface area contributed by atoms with Crippen LogP contribution in [0.3, 0.4) is 0 Å². The predicted molar refractivity (Wildman–Crippen MR) is 80.9 cm³/mol. The number of hydrogen-bond acceptors (Lipinski definition) is 4. The molecule has 1 aromatic heterocycles. The number of nitro groups is 1. The quantitative estimate of drug-likeness (QED) is 0.695. The molecule has 2 rings (SSSR count). The monoisotopic (exact) mass is 307 g/mol. The molecule has 1 unspecified atom stereocenters. The Morgan fingerprint density at radius 1 is 1.52 bits per heavy atom. The Bertz CT molecular complexity index is 707. The number of aliphatic hydroxyl groups is 1. The summed E-state index contributed by atoms with van der Waals surface area (Å²) in [6.45, 7) is 3.17. The normalized spacial score (nSPS) is 13.2. The van der Waals surface area contributed by atoms with Gasteiger partial charge < -0.3 is 15.2 Å². The van der Waals surface area contributed by atoms with Gasteiger partial charge in [-0.25, -0.2) is 4.98 Å². The van der Waals surface area contributed by atoms with Gasteiger partial charge in [-0.1, -0.05) is 29.8 Å². The number of aliphatic hydroxyl groups excluding tert-OH is 1. The maximum atomic E-state index is 11.1. The molecule has 0 bridgehead atoms. The lowest BCUT2D eigenvalue weighted by molar-refractivity contribution is -0.391. The van der Waals surface area contributed by atoms with E-state index in [1.165, 1.54) is 11.5 Å². The molecule has 0 saturated heterocycles. The molecular weight excluding hydrogens is 294 g/mol. The highest BCUT2D eigenvalue weighted by Crippen LogP contribution is 2.26. The number of nitrogens with zero attached hydrogens (tertiary/aromatic N) is 3. The van der Waals surface area contributed by atoms with Crippen molar-refractivity contribution in [2.75, 3.05) is 0 Å². The molecule has 6 nitrogen and oxygen atoms in total. The summed E-state index contributed by atoms with van der Waals surface area (Å²) < 4.78 is 1.31. The third kappa shape index (κ3) is 3.12. The average Bonchev–Trinajstić information content (AvgIpc) is 2.79. The summed E-state index contributed by atoms with van der Waals surface area (Å²) in [6, 6.07) is 7.06. The van der Waals surface area contributed by atoms with Crippen molar-refractivity contribution in [2.24, 2.45) is 0 Å². The Kier molecular flexibility index (Phi) is 4.40. The van der Waals surface area contributed by atoms with Crippen molar-refractivity contribution in [3.8, 4) is 0 Å². The van der Waals surface area contributed by atoms with E-state index in [2.05, 4.69) is 4.98 Å². The number of aryl methyl sites for hydroxylation is 1. The number of benzene rings is 1. The summed E-state index contributed by atoms with van der Waals surface area (Å²) in [5.41, 5.74) is 1.00. The lowest BCUT2D eigenvalue weighted by Gasteiger charge is -2.10. The van der Waals surface area contributed by atoms with Crippen LogP contribution in [0.1, 0.15) is 18.3 Å². The molecule has 1 atom stereocenters. The van der Waals surface area contributed by atoms with Crippen LogP contribution in [0.25, 0.3) is 11.8 Å². The van der Waals surface area contributed by atoms with Crippen LogP contribution in [-0.4, -0.2) is 25.7 Å². The molecule has 0 aliphatic heterocycles. The summed E-state index contributed by atoms with van der Waals surface area (Å²) in [4.78, 5) is 14.5. The second-order valence-corrected chi connectivity index (χ2v) is 4.93. The maximum Gasteiger partial charge on any atom is 0.347 e. The van der Waals surface area contributed by atoms with Gasteiger partial charge in [-0.3, -0.25) is 0 Å². The van der Waals surface area contributed by atoms with Crippen molar-refractivity contribution in [1.29, 1.82) is 0 Å². The van der Waals surface area contributed by atoms with Crippen molar-refractivity contribution in [2.45, 2.75) is 20.0 Å². The fourth-order valence-corrected chi connectivity index (χ4v) is 2.19. The van der Waals surface area contributed by atoms with Crippen LogP contribution >= 0.6 is 11.6 Å². The van der Waals surface area contributed by atoms with Crippen molar-refractivity contribution >= 4 is 29.2 Å². The highest BCUT2D eigenvalue weighted by molar-refractivity contribution is 6.32. The third-order valence-electron chi connectivity index (χ3n) is 3.00. The number of hydrogen-bond donors (Lipinski definition) is 1. The van der Waals surface area contributed by atoms with Gasteiger partial charge in [0.1, 0.15) is 18.0 Å². The number of rotatable bonds is 4. The number of aromatic nitrogens is 2. The smallest absolute Gasteiger partial charge is 0.347 e. The van der Waals surface area contributed by atoms with E-state index in [9.17, 15) is 15.2 Å². The maximum absolute atomic E-state index is 11.1. The Labute approximate surface area is 126 Å². The van der Waals surface area contributed by atoms with Crippen molar-refractivity contribution < 1.29 is 10.0 Å². The van der Waals surface area contributed by atoms with Gasteiger partial charge in [0.05, 0.1) is 0 Å². The van der Waals surface area contributed by atoms with Gasteiger partial charge in [-0.05, 0) is 29.6 Å². The number of halogens is 1. The van der Waals surface area contributed by atoms with Crippen molar-refractivity contribution in [3.63, 3.8) is 0 Å². The fraction of sp³-hybridized carbons (Fsp3) is 0.214. The molecule has 7 heteroatoms. The standard InChI is InChI=1S/C14H14ClN3O3/c1-9(19)13(7-11-5-3-4-6-12(11)15)17-10(2)16-8-14(17)18(20)21/h3-9,19H,1-2H3/b13-7+. The zero-order valence-electron chi connectivity index (χ0n) is 11.5. The molecule has 0 spiro atoms. The minimum atomic E-state index is -0.923. The SMILES string of the molecule is Cc1ncc([N+](=O)[O-])n1/C(=C/c1ccccc1Cl)C(C)O. The molecule has 2 aromatic rings. The highest BCUT2D eigenvalue weighted by Gasteiger charge is 2.24. The van der Waals surface area contributed by atoms with E-state index in [1.54, 1.807) is 37.3 Å². The van der Waals surface area contributed by atoms with Crippen molar-refractivity contribution in [1.82, 2.24) is 9.55 Å². The molecule has 0 saturated carbocycles. The van der Waals surface area contributed by atoms with E-state index in [1.807, 2.05) is 0 Å². The summed E-state index contributed by atoms with van der Waals surface area (Å²) >= 11 is 6.09. The molecule has 1 heterocycles. The molecule has 0 aliphatic carbocycles. The van der Waals surface area contributed by atoms with E-state index < -0.39 is 11.0 Å². The Balaban J connectivity index is 2.63. The summed E-state index contributed by atoms with van der Waals surface area (Å²) in [6.07, 6.45) is 1.86. The Morgan fingerprint density at radius 3 is 2.76 bits per heavy atom. The van der Waals surface area contributed by atoms with E-state index >= 15 is 0 Å². The minimum Gasteiger partial charge on any atom is -0.385 e. The highest BCUT2D eigenvalue weighted by atomic mass is 35.5. The zero-order valence-corrected chi connectivity index (χ0v) is 12.3. The van der Waals surface area contributed by atoms with Gasteiger partial charge in [0.2, 0.25) is 0 Å². The Morgan fingerprint density at radius 2 is 2.19 bits per heavy atom. The van der Waals surface area contributed by atoms with Gasteiger partial charge >= 0.3 is 5.82 Å². The summed E-state index contributed by atoms with van der Waals surface area (Å²) in [5, 5.41) is 21.6. The van der Waals surface area contributed by atoms with Crippen molar-refractivity contribution in [3.05, 3.63) is 57.0 Å². The largest absolute Gasteiger partial charge is 0.385 e. The third-order valence-corrected chi connectivity index (χ3v) is 3.35. The number of imidazole rings is 1. The summed E-state index contributed by atoms with van der Waals surface area (Å²) in [7, 11) is 0. The second kappa shape index (κ2) is 6.07. The van der Waals surface area contributed by atoms with Gasteiger partial charge in [0.25, 0.3) is 0 Å². The Hall–Kier alpha value is -2.18. The van der Waals surface area contributed by atoms with E-state index in [0.29, 0.717) is 22.1 Å². The molecule has 110 valence electrons. The lowest BCUT2D eigenvalue weighted by Crippen LogP contribution is -2.14. The van der Waals surface area contributed by atoms with Gasteiger partial charge in [0.15, 0.2) is 5.82 Å². The first-order valence-electron chi connectivity index (χ1n) is 6.25. The fourth-order valence-electron chi connectivity index (χ4n) is 2.00. The molecule has 21 heavy (non-hydrogen) atoms. The molecule has 0 aliphatic rings. The first-order valence-corrected chi connectivity index (χ1v) is 6.63. The van der Waals surface area contributed by atoms with E-state index in [0.717, 1.165) is 6.20 Å². The summed E-state index contributed by atoms with van der Waals surface area (Å²) in [5.74, 6) is 0.215. The van der Waals surface area contributed by atoms with Crippen LogP contribution in [-0.2, 0) is 0 Å². The van der Waals surface area contributed by atoms with Gasteiger partial charge in [0, 0.05) is 11.9 Å². The van der Waals surface area contributed by atoms with Crippen LogP contribution in [0.15, 0.2) is 30.5 Å². The lowest BCUT2D eigenvalue weighted by atomic mass is 10.1. The van der Waals surface area contributed by atoms with E-state index in [4.69, 9.17) is 11.6 Å². The molecular formula is C14H14ClN3O3. The molecule has 0 amide bonds. The first-order chi connectivity index (χ1) is 9.91. The first kappa shape index (κ1) is 15.2. The minimum absolute atomic E-state index is 0.202. The van der Waals surface area contributed by atoms with Gasteiger partial charge in [-0.15, -0.1) is 0 Å².